The first-order chi connectivity index (χ1) is 11.7. The number of ketones is 1. The monoisotopic (exact) mass is 328 g/mol. The van der Waals surface area contributed by atoms with Crippen molar-refractivity contribution < 1.29 is 4.79 Å². The molecule has 2 aliphatic rings. The molecule has 134 valence electrons. The van der Waals surface area contributed by atoms with Gasteiger partial charge in [0, 0.05) is 11.8 Å². The maximum absolute atomic E-state index is 13.2. The van der Waals surface area contributed by atoms with Gasteiger partial charge < -0.3 is 0 Å². The molecular formula is C23H36O. The van der Waals surface area contributed by atoms with E-state index in [0.29, 0.717) is 17.6 Å². The second kappa shape index (κ2) is 10.7. The average Bonchev–Trinajstić information content (AvgIpc) is 2.99. The number of carbonyl (C=O) groups is 1. The number of unbranched alkanes of at least 4 members (excludes halogenated alkanes) is 3. The van der Waals surface area contributed by atoms with Gasteiger partial charge in [0.15, 0.2) is 0 Å². The molecular weight excluding hydrogens is 292 g/mol. The first-order valence-electron chi connectivity index (χ1n) is 10.3. The Morgan fingerprint density at radius 3 is 2.67 bits per heavy atom. The lowest BCUT2D eigenvalue weighted by Crippen LogP contribution is -2.27. The summed E-state index contributed by atoms with van der Waals surface area (Å²) < 4.78 is 0. The molecule has 2 unspecified atom stereocenters. The summed E-state index contributed by atoms with van der Waals surface area (Å²) in [6.07, 6.45) is 24.1. The molecule has 1 heteroatoms. The van der Waals surface area contributed by atoms with Gasteiger partial charge in [0.1, 0.15) is 5.78 Å². The van der Waals surface area contributed by atoms with Gasteiger partial charge in [-0.05, 0) is 38.0 Å². The van der Waals surface area contributed by atoms with Gasteiger partial charge in [-0.15, -0.1) is 0 Å². The normalized spacial score (nSPS) is 20.7. The molecule has 2 aliphatic carbocycles. The van der Waals surface area contributed by atoms with Crippen molar-refractivity contribution in [3.8, 4) is 0 Å². The Balaban J connectivity index is 1.93. The van der Waals surface area contributed by atoms with Gasteiger partial charge in [0.25, 0.3) is 0 Å². The second-order valence-electron chi connectivity index (χ2n) is 7.85. The number of Topliss-reactive ketones (excluding diaryl/α,β-unsaturated/α-hetero) is 1. The molecule has 0 radical (unpaired) electrons. The highest BCUT2D eigenvalue weighted by Crippen LogP contribution is 2.37. The summed E-state index contributed by atoms with van der Waals surface area (Å²) >= 11 is 0. The van der Waals surface area contributed by atoms with Gasteiger partial charge in [-0.2, -0.15) is 0 Å². The van der Waals surface area contributed by atoms with Crippen LogP contribution in [-0.4, -0.2) is 5.78 Å². The number of allylic oxidation sites excluding steroid dienone is 6. The maximum atomic E-state index is 13.2. The van der Waals surface area contributed by atoms with Crippen molar-refractivity contribution in [2.45, 2.75) is 84.5 Å². The predicted octanol–water partition coefficient (Wildman–Crippen LogP) is 6.80. The fourth-order valence-electron chi connectivity index (χ4n) is 4.39. The van der Waals surface area contributed by atoms with E-state index >= 15 is 0 Å². The van der Waals surface area contributed by atoms with Crippen LogP contribution in [0.15, 0.2) is 36.0 Å². The van der Waals surface area contributed by atoms with E-state index in [1.165, 1.54) is 56.9 Å². The molecule has 2 rings (SSSR count). The van der Waals surface area contributed by atoms with Gasteiger partial charge >= 0.3 is 0 Å². The van der Waals surface area contributed by atoms with Crippen LogP contribution in [-0.2, 0) is 4.79 Å². The van der Waals surface area contributed by atoms with Crippen LogP contribution in [0.5, 0.6) is 0 Å². The fraction of sp³-hybridized carbons (Fsp3) is 0.696. The van der Waals surface area contributed by atoms with Crippen LogP contribution >= 0.6 is 0 Å². The number of hydrogen-bond donors (Lipinski definition) is 0. The quantitative estimate of drug-likeness (QED) is 0.403. The molecule has 0 aromatic carbocycles. The molecule has 1 saturated carbocycles. The first kappa shape index (κ1) is 19.2. The Kier molecular flexibility index (Phi) is 8.56. The predicted molar refractivity (Wildman–Crippen MR) is 104 cm³/mol. The van der Waals surface area contributed by atoms with Gasteiger partial charge in [-0.3, -0.25) is 4.79 Å². The molecule has 0 saturated heterocycles. The summed E-state index contributed by atoms with van der Waals surface area (Å²) in [4.78, 5) is 13.2. The highest BCUT2D eigenvalue weighted by molar-refractivity contribution is 5.83. The smallest absolute Gasteiger partial charge is 0.139 e. The zero-order valence-electron chi connectivity index (χ0n) is 15.8. The van der Waals surface area contributed by atoms with Crippen LogP contribution in [0.3, 0.4) is 0 Å². The van der Waals surface area contributed by atoms with E-state index in [-0.39, 0.29) is 5.92 Å². The molecule has 0 bridgehead atoms. The number of carbonyl (C=O) groups excluding carboxylic acids is 1. The molecule has 0 aliphatic heterocycles. The van der Waals surface area contributed by atoms with Gasteiger partial charge in [0.05, 0.1) is 0 Å². The minimum Gasteiger partial charge on any atom is -0.299 e. The van der Waals surface area contributed by atoms with Gasteiger partial charge in [0.2, 0.25) is 0 Å². The maximum Gasteiger partial charge on any atom is 0.139 e. The number of rotatable bonds is 10. The van der Waals surface area contributed by atoms with Crippen molar-refractivity contribution in [3.05, 3.63) is 36.0 Å². The zero-order valence-corrected chi connectivity index (χ0v) is 15.8. The summed E-state index contributed by atoms with van der Waals surface area (Å²) in [5.41, 5.74) is 1.40. The molecule has 1 nitrogen and oxygen atoms in total. The minimum atomic E-state index is 0.174. The molecule has 0 aromatic heterocycles. The summed E-state index contributed by atoms with van der Waals surface area (Å²) in [5.74, 6) is 1.73. The molecule has 0 amide bonds. The van der Waals surface area contributed by atoms with Crippen LogP contribution in [0.1, 0.15) is 84.5 Å². The molecule has 1 fully saturated rings. The minimum absolute atomic E-state index is 0.174. The zero-order chi connectivity index (χ0) is 17.2. The van der Waals surface area contributed by atoms with Gasteiger partial charge in [-0.25, -0.2) is 0 Å². The van der Waals surface area contributed by atoms with E-state index < -0.39 is 0 Å². The highest BCUT2D eigenvalue weighted by atomic mass is 16.1. The van der Waals surface area contributed by atoms with E-state index in [1.807, 2.05) is 0 Å². The van der Waals surface area contributed by atoms with Crippen molar-refractivity contribution in [2.24, 2.45) is 17.8 Å². The largest absolute Gasteiger partial charge is 0.299 e. The Morgan fingerprint density at radius 1 is 1.12 bits per heavy atom. The Labute approximate surface area is 149 Å². The number of hydrogen-bond acceptors (Lipinski definition) is 1. The summed E-state index contributed by atoms with van der Waals surface area (Å²) in [6.45, 7) is 4.42. The topological polar surface area (TPSA) is 17.1 Å². The molecule has 2 atom stereocenters. The molecule has 0 spiro atoms. The van der Waals surface area contributed by atoms with Crippen molar-refractivity contribution in [1.82, 2.24) is 0 Å². The summed E-state index contributed by atoms with van der Waals surface area (Å²) in [7, 11) is 0. The van der Waals surface area contributed by atoms with Crippen LogP contribution in [0.2, 0.25) is 0 Å². The Bertz CT molecular complexity index is 462. The van der Waals surface area contributed by atoms with Crippen molar-refractivity contribution in [3.63, 3.8) is 0 Å². The second-order valence-corrected chi connectivity index (χ2v) is 7.85. The van der Waals surface area contributed by atoms with Crippen molar-refractivity contribution >= 4 is 5.78 Å². The van der Waals surface area contributed by atoms with E-state index in [4.69, 9.17) is 0 Å². The molecule has 0 aromatic rings. The lowest BCUT2D eigenvalue weighted by Gasteiger charge is -2.26. The summed E-state index contributed by atoms with van der Waals surface area (Å²) in [5, 5.41) is 0. The van der Waals surface area contributed by atoms with E-state index in [1.54, 1.807) is 0 Å². The third kappa shape index (κ3) is 6.07. The van der Waals surface area contributed by atoms with E-state index in [0.717, 1.165) is 19.3 Å². The first-order valence-corrected chi connectivity index (χ1v) is 10.3. The van der Waals surface area contributed by atoms with E-state index in [9.17, 15) is 4.79 Å². The Hall–Kier alpha value is -1.11. The SMILES string of the molecule is CCCCCCC(C(=O)C(C)CC1=CC=CC=CC1)C1CCCC1. The molecule has 0 heterocycles. The van der Waals surface area contributed by atoms with Crippen molar-refractivity contribution in [2.75, 3.05) is 0 Å². The van der Waals surface area contributed by atoms with Crippen molar-refractivity contribution in [1.29, 1.82) is 0 Å². The lowest BCUT2D eigenvalue weighted by atomic mass is 9.78. The Morgan fingerprint density at radius 2 is 1.92 bits per heavy atom. The molecule has 24 heavy (non-hydrogen) atoms. The third-order valence-electron chi connectivity index (χ3n) is 5.83. The van der Waals surface area contributed by atoms with Crippen LogP contribution < -0.4 is 0 Å². The fourth-order valence-corrected chi connectivity index (χ4v) is 4.39. The molecule has 0 N–H and O–H groups in total. The van der Waals surface area contributed by atoms with Gasteiger partial charge in [-0.1, -0.05) is 88.3 Å². The lowest BCUT2D eigenvalue weighted by molar-refractivity contribution is -0.128. The summed E-state index contributed by atoms with van der Waals surface area (Å²) in [6, 6.07) is 0. The standard InChI is InChI=1S/C23H36O/c1-3-4-5-10-17-22(21-15-11-12-16-21)23(24)19(2)18-20-13-8-6-7-9-14-20/h6-9,13,19,21-22H,3-5,10-12,14-18H2,1-2H3. The van der Waals surface area contributed by atoms with Crippen LogP contribution in [0, 0.1) is 17.8 Å². The van der Waals surface area contributed by atoms with Crippen LogP contribution in [0.25, 0.3) is 0 Å². The highest BCUT2D eigenvalue weighted by Gasteiger charge is 2.32. The third-order valence-corrected chi connectivity index (χ3v) is 5.83. The van der Waals surface area contributed by atoms with E-state index in [2.05, 4.69) is 44.2 Å². The average molecular weight is 329 g/mol. The van der Waals surface area contributed by atoms with Crippen LogP contribution in [0.4, 0.5) is 0 Å².